The van der Waals surface area contributed by atoms with E-state index in [0.29, 0.717) is 5.69 Å². The molecule has 0 aliphatic rings. The number of aromatic nitrogens is 2. The van der Waals surface area contributed by atoms with E-state index < -0.39 is 28.9 Å². The zero-order chi connectivity index (χ0) is 18.0. The molecule has 8 heteroatoms. The maximum absolute atomic E-state index is 12.1. The highest BCUT2D eigenvalue weighted by Gasteiger charge is 2.30. The molecule has 0 fully saturated rings. The molecular formula is C15H24N4O4. The van der Waals surface area contributed by atoms with Crippen LogP contribution in [0.5, 0.6) is 0 Å². The number of hydrogen-bond donors (Lipinski definition) is 3. The fourth-order valence-electron chi connectivity index (χ4n) is 1.52. The molecule has 0 aliphatic heterocycles. The van der Waals surface area contributed by atoms with E-state index in [-0.39, 0.29) is 5.91 Å². The van der Waals surface area contributed by atoms with Crippen LogP contribution >= 0.6 is 0 Å². The summed E-state index contributed by atoms with van der Waals surface area (Å²) in [5.74, 6) is -1.68. The van der Waals surface area contributed by atoms with E-state index in [0.717, 1.165) is 0 Å². The fraction of sp³-hybridized carbons (Fsp3) is 0.600. The maximum Gasteiger partial charge on any atom is 0.331 e. The van der Waals surface area contributed by atoms with Gasteiger partial charge >= 0.3 is 5.97 Å². The zero-order valence-electron chi connectivity index (χ0n) is 14.3. The van der Waals surface area contributed by atoms with Crippen LogP contribution in [0.1, 0.15) is 41.5 Å². The van der Waals surface area contributed by atoms with Crippen molar-refractivity contribution in [1.82, 2.24) is 15.1 Å². The number of nitrogens with zero attached hydrogens (tertiary/aromatic N) is 2. The van der Waals surface area contributed by atoms with Crippen molar-refractivity contribution in [1.29, 1.82) is 0 Å². The number of carboxylic acid groups (broad SMARTS) is 1. The van der Waals surface area contributed by atoms with E-state index >= 15 is 0 Å². The molecular weight excluding hydrogens is 300 g/mol. The third-order valence-electron chi connectivity index (χ3n) is 3.37. The molecule has 0 spiro atoms. The van der Waals surface area contributed by atoms with E-state index in [1.54, 1.807) is 27.7 Å². The molecule has 23 heavy (non-hydrogen) atoms. The van der Waals surface area contributed by atoms with E-state index in [9.17, 15) is 14.4 Å². The second kappa shape index (κ2) is 6.39. The summed E-state index contributed by atoms with van der Waals surface area (Å²) >= 11 is 0. The van der Waals surface area contributed by atoms with Crippen LogP contribution in [-0.4, -0.2) is 38.7 Å². The van der Waals surface area contributed by atoms with Gasteiger partial charge in [-0.05, 0) is 20.8 Å². The van der Waals surface area contributed by atoms with Crippen molar-refractivity contribution in [2.45, 2.75) is 53.1 Å². The van der Waals surface area contributed by atoms with Gasteiger partial charge in [0, 0.05) is 11.6 Å². The van der Waals surface area contributed by atoms with Crippen LogP contribution in [0, 0.1) is 5.41 Å². The average molecular weight is 324 g/mol. The lowest BCUT2D eigenvalue weighted by atomic mass is 9.95. The zero-order valence-corrected chi connectivity index (χ0v) is 14.3. The van der Waals surface area contributed by atoms with Gasteiger partial charge in [0.15, 0.2) is 5.54 Å². The highest BCUT2D eigenvalue weighted by molar-refractivity contribution is 5.97. The molecule has 0 radical (unpaired) electrons. The standard InChI is InChI=1S/C15H24N4O4/c1-9(17-12(21)14(2,3)4)11(20)18-10-7-16-19(8-10)15(5,6)13(22)23/h7-9H,1-6H3,(H,17,21)(H,18,20)(H,22,23). The van der Waals surface area contributed by atoms with Gasteiger partial charge in [-0.2, -0.15) is 5.10 Å². The molecule has 0 aliphatic carbocycles. The Morgan fingerprint density at radius 1 is 1.22 bits per heavy atom. The lowest BCUT2D eigenvalue weighted by Crippen LogP contribution is -2.46. The Morgan fingerprint density at radius 2 is 1.78 bits per heavy atom. The summed E-state index contributed by atoms with van der Waals surface area (Å²) in [6.07, 6.45) is 2.80. The Labute approximate surface area is 135 Å². The molecule has 1 atom stereocenters. The molecule has 1 heterocycles. The van der Waals surface area contributed by atoms with Gasteiger partial charge in [0.2, 0.25) is 11.8 Å². The number of carboxylic acids is 1. The summed E-state index contributed by atoms with van der Waals surface area (Å²) in [7, 11) is 0. The normalized spacial score (nSPS) is 13.3. The van der Waals surface area contributed by atoms with Crippen LogP contribution in [0.3, 0.4) is 0 Å². The summed E-state index contributed by atoms with van der Waals surface area (Å²) in [4.78, 5) is 35.1. The molecule has 8 nitrogen and oxygen atoms in total. The molecule has 1 unspecified atom stereocenters. The van der Waals surface area contributed by atoms with Gasteiger partial charge in [-0.25, -0.2) is 4.79 Å². The summed E-state index contributed by atoms with van der Waals surface area (Å²) in [6.45, 7) is 9.84. The van der Waals surface area contributed by atoms with Crippen molar-refractivity contribution in [3.63, 3.8) is 0 Å². The van der Waals surface area contributed by atoms with Gasteiger partial charge < -0.3 is 15.7 Å². The predicted molar refractivity (Wildman–Crippen MR) is 84.9 cm³/mol. The van der Waals surface area contributed by atoms with Gasteiger partial charge in [-0.3, -0.25) is 14.3 Å². The second-order valence-electron chi connectivity index (χ2n) is 6.97. The number of nitrogens with one attached hydrogen (secondary N) is 2. The van der Waals surface area contributed by atoms with Crippen molar-refractivity contribution >= 4 is 23.5 Å². The van der Waals surface area contributed by atoms with E-state index in [2.05, 4.69) is 15.7 Å². The molecule has 2 amide bonds. The molecule has 1 aromatic heterocycles. The molecule has 1 rings (SSSR count). The summed E-state index contributed by atoms with van der Waals surface area (Å²) in [5, 5.41) is 18.3. The molecule has 1 aromatic rings. The van der Waals surface area contributed by atoms with E-state index in [4.69, 9.17) is 5.11 Å². The van der Waals surface area contributed by atoms with Gasteiger partial charge in [0.25, 0.3) is 0 Å². The van der Waals surface area contributed by atoms with E-state index in [1.807, 2.05) is 0 Å². The third-order valence-corrected chi connectivity index (χ3v) is 3.37. The first-order valence-corrected chi connectivity index (χ1v) is 7.26. The van der Waals surface area contributed by atoms with Crippen LogP contribution in [0.25, 0.3) is 0 Å². The van der Waals surface area contributed by atoms with Crippen molar-refractivity contribution in [2.75, 3.05) is 5.32 Å². The highest BCUT2D eigenvalue weighted by atomic mass is 16.4. The number of rotatable bonds is 5. The molecule has 0 saturated heterocycles. The monoisotopic (exact) mass is 324 g/mol. The summed E-state index contributed by atoms with van der Waals surface area (Å²) in [6, 6.07) is -0.724. The molecule has 0 aromatic carbocycles. The Balaban J connectivity index is 2.74. The quantitative estimate of drug-likeness (QED) is 0.753. The summed E-state index contributed by atoms with van der Waals surface area (Å²) in [5.41, 5.74) is -1.46. The predicted octanol–water partition coefficient (Wildman–Crippen LogP) is 1.19. The lowest BCUT2D eigenvalue weighted by molar-refractivity contribution is -0.146. The van der Waals surface area contributed by atoms with Gasteiger partial charge in [0.05, 0.1) is 11.9 Å². The SMILES string of the molecule is CC(NC(=O)C(C)(C)C)C(=O)Nc1cnn(C(C)(C)C(=O)O)c1. The van der Waals surface area contributed by atoms with E-state index in [1.165, 1.54) is 30.9 Å². The second-order valence-corrected chi connectivity index (χ2v) is 6.97. The lowest BCUT2D eigenvalue weighted by Gasteiger charge is -2.21. The van der Waals surface area contributed by atoms with Crippen molar-refractivity contribution < 1.29 is 19.5 Å². The Hall–Kier alpha value is -2.38. The summed E-state index contributed by atoms with van der Waals surface area (Å²) < 4.78 is 1.25. The number of aliphatic carboxylic acids is 1. The minimum absolute atomic E-state index is 0.233. The van der Waals surface area contributed by atoms with Crippen LogP contribution in [0.4, 0.5) is 5.69 Å². The fourth-order valence-corrected chi connectivity index (χ4v) is 1.52. The largest absolute Gasteiger partial charge is 0.479 e. The molecule has 128 valence electrons. The van der Waals surface area contributed by atoms with Gasteiger partial charge in [-0.1, -0.05) is 20.8 Å². The van der Waals surface area contributed by atoms with Crippen LogP contribution in [0.2, 0.25) is 0 Å². The Kier molecular flexibility index (Phi) is 5.19. The molecule has 3 N–H and O–H groups in total. The first kappa shape index (κ1) is 18.7. The number of amides is 2. The van der Waals surface area contributed by atoms with Crippen LogP contribution in [0.15, 0.2) is 12.4 Å². The van der Waals surface area contributed by atoms with Gasteiger partial charge in [0.1, 0.15) is 6.04 Å². The maximum atomic E-state index is 12.1. The number of anilines is 1. The average Bonchev–Trinajstić information content (AvgIpc) is 2.86. The molecule has 0 saturated carbocycles. The van der Waals surface area contributed by atoms with Crippen LogP contribution < -0.4 is 10.6 Å². The Morgan fingerprint density at radius 3 is 2.26 bits per heavy atom. The minimum atomic E-state index is -1.23. The Bertz CT molecular complexity index is 613. The molecule has 0 bridgehead atoms. The smallest absolute Gasteiger partial charge is 0.331 e. The number of carbonyl (C=O) groups excluding carboxylic acids is 2. The first-order chi connectivity index (χ1) is 10.4. The van der Waals surface area contributed by atoms with Gasteiger partial charge in [-0.15, -0.1) is 0 Å². The highest BCUT2D eigenvalue weighted by Crippen LogP contribution is 2.17. The van der Waals surface area contributed by atoms with Crippen molar-refractivity contribution in [3.05, 3.63) is 12.4 Å². The van der Waals surface area contributed by atoms with Crippen LogP contribution in [-0.2, 0) is 19.9 Å². The topological polar surface area (TPSA) is 113 Å². The first-order valence-electron chi connectivity index (χ1n) is 7.26. The minimum Gasteiger partial charge on any atom is -0.479 e. The number of hydrogen-bond acceptors (Lipinski definition) is 4. The van der Waals surface area contributed by atoms with Crippen molar-refractivity contribution in [3.8, 4) is 0 Å². The van der Waals surface area contributed by atoms with Crippen molar-refractivity contribution in [2.24, 2.45) is 5.41 Å². The third kappa shape index (κ3) is 4.54. The number of carbonyl (C=O) groups is 3.